The lowest BCUT2D eigenvalue weighted by atomic mass is 9.84. The van der Waals surface area contributed by atoms with Crippen molar-refractivity contribution in [1.82, 2.24) is 5.32 Å². The molecule has 2 fully saturated rings. The Morgan fingerprint density at radius 2 is 1.94 bits per heavy atom. The smallest absolute Gasteiger partial charge is 0.126 e. The predicted molar refractivity (Wildman–Crippen MR) is 68.1 cm³/mol. The van der Waals surface area contributed by atoms with Crippen LogP contribution >= 0.6 is 11.6 Å². The highest BCUT2D eigenvalue weighted by Crippen LogP contribution is 2.39. The van der Waals surface area contributed by atoms with Crippen LogP contribution in [-0.2, 0) is 6.42 Å². The van der Waals surface area contributed by atoms with Gasteiger partial charge in [-0.25, -0.2) is 8.78 Å². The quantitative estimate of drug-likeness (QED) is 0.866. The molecule has 2 unspecified atom stereocenters. The summed E-state index contributed by atoms with van der Waals surface area (Å²) in [6.07, 6.45) is 3.17. The van der Waals surface area contributed by atoms with Crippen molar-refractivity contribution in [1.29, 1.82) is 0 Å². The second-order valence-electron chi connectivity index (χ2n) is 5.61. The van der Waals surface area contributed by atoms with Gasteiger partial charge in [-0.15, -0.1) is 0 Å². The molecule has 0 radical (unpaired) electrons. The van der Waals surface area contributed by atoms with E-state index in [1.807, 2.05) is 0 Å². The van der Waals surface area contributed by atoms with E-state index in [1.165, 1.54) is 12.1 Å². The molecule has 1 N–H and O–H groups in total. The van der Waals surface area contributed by atoms with Gasteiger partial charge in [0.25, 0.3) is 0 Å². The van der Waals surface area contributed by atoms with Gasteiger partial charge in [0.2, 0.25) is 0 Å². The first-order valence-corrected chi connectivity index (χ1v) is 6.81. The summed E-state index contributed by atoms with van der Waals surface area (Å²) in [5.41, 5.74) is -0.894. The van der Waals surface area contributed by atoms with Crippen LogP contribution in [0.4, 0.5) is 8.78 Å². The number of rotatable bonds is 2. The molecule has 4 heteroatoms. The lowest BCUT2D eigenvalue weighted by molar-refractivity contribution is 0.0884. The van der Waals surface area contributed by atoms with E-state index < -0.39 is 5.67 Å². The first-order valence-electron chi connectivity index (χ1n) is 6.43. The van der Waals surface area contributed by atoms with Crippen LogP contribution in [0.15, 0.2) is 18.2 Å². The lowest BCUT2D eigenvalue weighted by Gasteiger charge is -2.35. The summed E-state index contributed by atoms with van der Waals surface area (Å²) in [6, 6.07) is 4.88. The molecule has 2 aliphatic heterocycles. The zero-order valence-electron chi connectivity index (χ0n) is 10.1. The standard InChI is InChI=1S/C14H16ClF2N/c15-10-1-4-13(16)9(5-10)6-14(17)7-11-2-3-12(8-14)18-11/h1,4-5,11-12,18H,2-3,6-8H2. The van der Waals surface area contributed by atoms with Crippen molar-refractivity contribution in [2.75, 3.05) is 0 Å². The summed E-state index contributed by atoms with van der Waals surface area (Å²) in [5, 5.41) is 3.86. The molecule has 2 aliphatic rings. The van der Waals surface area contributed by atoms with Gasteiger partial charge in [0, 0.05) is 23.5 Å². The second kappa shape index (κ2) is 4.46. The van der Waals surface area contributed by atoms with Gasteiger partial charge >= 0.3 is 0 Å². The minimum Gasteiger partial charge on any atom is -0.311 e. The summed E-state index contributed by atoms with van der Waals surface area (Å²) in [5.74, 6) is -0.359. The van der Waals surface area contributed by atoms with E-state index in [-0.39, 0.29) is 24.3 Å². The van der Waals surface area contributed by atoms with Crippen LogP contribution in [0.3, 0.4) is 0 Å². The van der Waals surface area contributed by atoms with E-state index in [9.17, 15) is 8.78 Å². The molecular formula is C14H16ClF2N. The Morgan fingerprint density at radius 3 is 2.61 bits per heavy atom. The highest BCUT2D eigenvalue weighted by atomic mass is 35.5. The van der Waals surface area contributed by atoms with Gasteiger partial charge in [0.15, 0.2) is 0 Å². The van der Waals surface area contributed by atoms with Gasteiger partial charge < -0.3 is 5.32 Å². The largest absolute Gasteiger partial charge is 0.311 e. The van der Waals surface area contributed by atoms with Crippen LogP contribution < -0.4 is 5.32 Å². The maximum atomic E-state index is 14.9. The first-order chi connectivity index (χ1) is 8.54. The minimum absolute atomic E-state index is 0.133. The third-order valence-corrected chi connectivity index (χ3v) is 4.31. The Hall–Kier alpha value is -0.670. The summed E-state index contributed by atoms with van der Waals surface area (Å²) < 4.78 is 28.5. The van der Waals surface area contributed by atoms with Crippen LogP contribution in [0.1, 0.15) is 31.2 Å². The Bertz CT molecular complexity index is 451. The van der Waals surface area contributed by atoms with E-state index in [0.717, 1.165) is 12.8 Å². The molecule has 2 bridgehead atoms. The number of benzene rings is 1. The fourth-order valence-electron chi connectivity index (χ4n) is 3.36. The van der Waals surface area contributed by atoms with Crippen molar-refractivity contribution in [3.63, 3.8) is 0 Å². The van der Waals surface area contributed by atoms with Crippen LogP contribution in [0, 0.1) is 5.82 Å². The second-order valence-corrected chi connectivity index (χ2v) is 6.05. The fraction of sp³-hybridized carbons (Fsp3) is 0.571. The number of piperidine rings is 1. The molecule has 0 saturated carbocycles. The van der Waals surface area contributed by atoms with E-state index in [2.05, 4.69) is 5.32 Å². The maximum absolute atomic E-state index is 14.9. The van der Waals surface area contributed by atoms with Crippen LogP contribution in [0.25, 0.3) is 0 Å². The molecule has 0 aliphatic carbocycles. The molecule has 0 amide bonds. The summed E-state index contributed by atoms with van der Waals surface area (Å²) in [7, 11) is 0. The molecule has 98 valence electrons. The molecular weight excluding hydrogens is 256 g/mol. The molecule has 2 heterocycles. The molecule has 18 heavy (non-hydrogen) atoms. The van der Waals surface area contributed by atoms with Gasteiger partial charge in [-0.2, -0.15) is 0 Å². The Morgan fingerprint density at radius 1 is 1.28 bits per heavy atom. The lowest BCUT2D eigenvalue weighted by Crippen LogP contribution is -2.47. The van der Waals surface area contributed by atoms with Gasteiger partial charge in [-0.3, -0.25) is 0 Å². The number of alkyl halides is 1. The van der Waals surface area contributed by atoms with Crippen molar-refractivity contribution in [3.05, 3.63) is 34.6 Å². The van der Waals surface area contributed by atoms with Gasteiger partial charge in [-0.05, 0) is 49.4 Å². The van der Waals surface area contributed by atoms with Gasteiger partial charge in [-0.1, -0.05) is 11.6 Å². The Balaban J connectivity index is 1.81. The summed E-state index contributed by atoms with van der Waals surface area (Å²) in [6.45, 7) is 0. The Kier molecular flexibility index (Phi) is 3.07. The average Bonchev–Trinajstić information content (AvgIpc) is 2.64. The van der Waals surface area contributed by atoms with Crippen molar-refractivity contribution in [2.45, 2.75) is 49.9 Å². The molecule has 2 saturated heterocycles. The summed E-state index contributed by atoms with van der Waals surface area (Å²) >= 11 is 5.85. The number of hydrogen-bond acceptors (Lipinski definition) is 1. The number of fused-ring (bicyclic) bond motifs is 2. The highest BCUT2D eigenvalue weighted by molar-refractivity contribution is 6.30. The third-order valence-electron chi connectivity index (χ3n) is 4.07. The number of halogens is 3. The van der Waals surface area contributed by atoms with E-state index in [1.54, 1.807) is 6.07 Å². The Labute approximate surface area is 111 Å². The number of nitrogens with one attached hydrogen (secondary N) is 1. The SMILES string of the molecule is Fc1ccc(Cl)cc1CC1(F)CC2CCC(C1)N2. The fourth-order valence-corrected chi connectivity index (χ4v) is 3.55. The van der Waals surface area contributed by atoms with Crippen molar-refractivity contribution >= 4 is 11.6 Å². The molecule has 1 aromatic carbocycles. The third kappa shape index (κ3) is 2.39. The molecule has 3 rings (SSSR count). The maximum Gasteiger partial charge on any atom is 0.126 e. The van der Waals surface area contributed by atoms with Crippen molar-refractivity contribution < 1.29 is 8.78 Å². The first kappa shape index (κ1) is 12.4. The summed E-state index contributed by atoms with van der Waals surface area (Å²) in [4.78, 5) is 0. The zero-order valence-corrected chi connectivity index (χ0v) is 10.8. The van der Waals surface area contributed by atoms with Crippen molar-refractivity contribution in [3.8, 4) is 0 Å². The molecule has 0 spiro atoms. The van der Waals surface area contributed by atoms with E-state index in [0.29, 0.717) is 23.4 Å². The monoisotopic (exact) mass is 271 g/mol. The zero-order chi connectivity index (χ0) is 12.8. The van der Waals surface area contributed by atoms with E-state index >= 15 is 0 Å². The average molecular weight is 272 g/mol. The molecule has 2 atom stereocenters. The topological polar surface area (TPSA) is 12.0 Å². The number of hydrogen-bond donors (Lipinski definition) is 1. The van der Waals surface area contributed by atoms with Gasteiger partial charge in [0.1, 0.15) is 11.5 Å². The van der Waals surface area contributed by atoms with Crippen LogP contribution in [-0.4, -0.2) is 17.8 Å². The van der Waals surface area contributed by atoms with E-state index in [4.69, 9.17) is 11.6 Å². The molecule has 1 aromatic rings. The van der Waals surface area contributed by atoms with Crippen LogP contribution in [0.5, 0.6) is 0 Å². The minimum atomic E-state index is -1.29. The highest BCUT2D eigenvalue weighted by Gasteiger charge is 2.44. The predicted octanol–water partition coefficient (Wildman–Crippen LogP) is 3.64. The van der Waals surface area contributed by atoms with Gasteiger partial charge in [0.05, 0.1) is 0 Å². The molecule has 0 aromatic heterocycles. The molecule has 1 nitrogen and oxygen atoms in total. The normalized spacial score (nSPS) is 34.8. The van der Waals surface area contributed by atoms with Crippen LogP contribution in [0.2, 0.25) is 5.02 Å². The van der Waals surface area contributed by atoms with Crippen molar-refractivity contribution in [2.24, 2.45) is 0 Å².